The molecule has 6 rings (SSSR count). The molecular formula is C30H25N3O4. The third kappa shape index (κ3) is 3.79. The van der Waals surface area contributed by atoms with Gasteiger partial charge in [-0.3, -0.25) is 29.0 Å². The fourth-order valence-corrected chi connectivity index (χ4v) is 5.42. The van der Waals surface area contributed by atoms with Crippen LogP contribution < -0.4 is 5.32 Å². The number of carbonyl (C=O) groups excluding carboxylic acids is 4. The van der Waals surface area contributed by atoms with Gasteiger partial charge in [0, 0.05) is 46.1 Å². The Bertz CT molecular complexity index is 1390. The molecule has 4 amide bonds. The average molecular weight is 492 g/mol. The highest BCUT2D eigenvalue weighted by Crippen LogP contribution is 2.31. The quantitative estimate of drug-likeness (QED) is 0.294. The van der Waals surface area contributed by atoms with Crippen molar-refractivity contribution in [3.63, 3.8) is 0 Å². The van der Waals surface area contributed by atoms with Gasteiger partial charge in [-0.2, -0.15) is 0 Å². The number of rotatable bonds is 8. The molecule has 0 aromatic heterocycles. The fraction of sp³-hybridized carbons (Fsp3) is 0.200. The Morgan fingerprint density at radius 2 is 0.811 bits per heavy atom. The first-order chi connectivity index (χ1) is 18.1. The molecule has 4 aromatic carbocycles. The summed E-state index contributed by atoms with van der Waals surface area (Å²) in [6.07, 6.45) is 1.21. The molecule has 0 fully saturated rings. The van der Waals surface area contributed by atoms with E-state index in [0.717, 1.165) is 21.5 Å². The first kappa shape index (κ1) is 23.1. The monoisotopic (exact) mass is 491 g/mol. The lowest BCUT2D eigenvalue weighted by Crippen LogP contribution is -2.42. The predicted molar refractivity (Wildman–Crippen MR) is 141 cm³/mol. The van der Waals surface area contributed by atoms with Gasteiger partial charge in [0.2, 0.25) is 0 Å². The summed E-state index contributed by atoms with van der Waals surface area (Å²) < 4.78 is 0. The molecule has 2 heterocycles. The Balaban J connectivity index is 1.01. The van der Waals surface area contributed by atoms with E-state index in [4.69, 9.17) is 0 Å². The van der Waals surface area contributed by atoms with Gasteiger partial charge in [0.05, 0.1) is 0 Å². The van der Waals surface area contributed by atoms with Gasteiger partial charge in [-0.15, -0.1) is 0 Å². The van der Waals surface area contributed by atoms with Crippen molar-refractivity contribution >= 4 is 45.2 Å². The van der Waals surface area contributed by atoms with E-state index in [1.54, 1.807) is 24.3 Å². The molecular weight excluding hydrogens is 466 g/mol. The van der Waals surface area contributed by atoms with Crippen LogP contribution in [0.3, 0.4) is 0 Å². The Kier molecular flexibility index (Phi) is 5.77. The van der Waals surface area contributed by atoms with Gasteiger partial charge < -0.3 is 5.32 Å². The minimum Gasteiger partial charge on any atom is -0.317 e. The van der Waals surface area contributed by atoms with E-state index in [2.05, 4.69) is 5.32 Å². The number of hydrogen-bond donors (Lipinski definition) is 1. The van der Waals surface area contributed by atoms with Crippen LogP contribution in [0.1, 0.15) is 54.3 Å². The number of nitrogens with zero attached hydrogens (tertiary/aromatic N) is 2. The normalized spacial score (nSPS) is 14.8. The van der Waals surface area contributed by atoms with Crippen LogP contribution in [-0.2, 0) is 0 Å². The second-order valence-corrected chi connectivity index (χ2v) is 9.40. The molecule has 0 atom stereocenters. The molecule has 1 N–H and O–H groups in total. The lowest BCUT2D eigenvalue weighted by molar-refractivity contribution is 0.0596. The molecule has 184 valence electrons. The van der Waals surface area contributed by atoms with Crippen molar-refractivity contribution in [3.05, 3.63) is 95.1 Å². The summed E-state index contributed by atoms with van der Waals surface area (Å²) in [6.45, 7) is 1.85. The molecule has 7 nitrogen and oxygen atoms in total. The fourth-order valence-electron chi connectivity index (χ4n) is 5.42. The number of nitrogens with one attached hydrogen (secondary N) is 1. The van der Waals surface area contributed by atoms with E-state index in [1.807, 2.05) is 48.5 Å². The molecule has 4 aromatic rings. The topological polar surface area (TPSA) is 86.8 Å². The second-order valence-electron chi connectivity index (χ2n) is 9.40. The molecule has 37 heavy (non-hydrogen) atoms. The van der Waals surface area contributed by atoms with E-state index >= 15 is 0 Å². The Hall–Kier alpha value is -4.36. The lowest BCUT2D eigenvalue weighted by atomic mass is 9.94. The van der Waals surface area contributed by atoms with Crippen molar-refractivity contribution in [2.24, 2.45) is 0 Å². The number of imide groups is 2. The molecule has 0 aliphatic carbocycles. The SMILES string of the molecule is O=C1c2cccc3cccc(c23)C(=O)N1CCCNCCCN1C(=O)c2cccc3cccc(c23)C1=O. The summed E-state index contributed by atoms with van der Waals surface area (Å²) in [5.41, 5.74) is 2.25. The minimum absolute atomic E-state index is 0.258. The van der Waals surface area contributed by atoms with Gasteiger partial charge in [-0.25, -0.2) is 0 Å². The zero-order chi connectivity index (χ0) is 25.5. The molecule has 0 unspecified atom stereocenters. The van der Waals surface area contributed by atoms with E-state index in [-0.39, 0.29) is 23.6 Å². The highest BCUT2D eigenvalue weighted by Gasteiger charge is 2.33. The molecule has 0 saturated heterocycles. The standard InChI is InChI=1S/C30H25N3O4/c34-27-21-11-1-7-19-8-2-12-22(25(19)21)28(35)32(27)17-5-15-31-16-6-18-33-29(36)23-13-3-9-20-10-4-14-24(26(20)23)30(33)37/h1-4,7-14,31H,5-6,15-18H2. The van der Waals surface area contributed by atoms with Crippen LogP contribution in [0.4, 0.5) is 0 Å². The highest BCUT2D eigenvalue weighted by molar-refractivity contribution is 6.26. The van der Waals surface area contributed by atoms with Crippen molar-refractivity contribution in [3.8, 4) is 0 Å². The minimum atomic E-state index is -0.258. The third-order valence-electron chi connectivity index (χ3n) is 7.18. The number of amides is 4. The van der Waals surface area contributed by atoms with Crippen LogP contribution in [0.2, 0.25) is 0 Å². The Morgan fingerprint density at radius 1 is 0.486 bits per heavy atom. The van der Waals surface area contributed by atoms with E-state index in [0.29, 0.717) is 61.3 Å². The molecule has 2 aliphatic rings. The Morgan fingerprint density at radius 3 is 1.14 bits per heavy atom. The summed E-state index contributed by atoms with van der Waals surface area (Å²) in [7, 11) is 0. The summed E-state index contributed by atoms with van der Waals surface area (Å²) >= 11 is 0. The van der Waals surface area contributed by atoms with Crippen LogP contribution >= 0.6 is 0 Å². The number of hydrogen-bond acceptors (Lipinski definition) is 5. The summed E-state index contributed by atoms with van der Waals surface area (Å²) in [4.78, 5) is 54.6. The molecule has 0 saturated carbocycles. The van der Waals surface area contributed by atoms with Crippen LogP contribution in [0, 0.1) is 0 Å². The smallest absolute Gasteiger partial charge is 0.261 e. The van der Waals surface area contributed by atoms with E-state index in [1.165, 1.54) is 9.80 Å². The van der Waals surface area contributed by atoms with Gasteiger partial charge in [-0.1, -0.05) is 48.5 Å². The van der Waals surface area contributed by atoms with Gasteiger partial charge in [0.1, 0.15) is 0 Å². The van der Waals surface area contributed by atoms with Crippen molar-refractivity contribution in [1.29, 1.82) is 0 Å². The molecule has 0 radical (unpaired) electrons. The molecule has 7 heteroatoms. The lowest BCUT2D eigenvalue weighted by Gasteiger charge is -2.27. The third-order valence-corrected chi connectivity index (χ3v) is 7.18. The van der Waals surface area contributed by atoms with Gasteiger partial charge >= 0.3 is 0 Å². The van der Waals surface area contributed by atoms with Gasteiger partial charge in [0.25, 0.3) is 23.6 Å². The maximum Gasteiger partial charge on any atom is 0.261 e. The van der Waals surface area contributed by atoms with E-state index in [9.17, 15) is 19.2 Å². The van der Waals surface area contributed by atoms with Crippen molar-refractivity contribution in [1.82, 2.24) is 15.1 Å². The highest BCUT2D eigenvalue weighted by atomic mass is 16.2. The van der Waals surface area contributed by atoms with Crippen LogP contribution in [-0.4, -0.2) is 59.6 Å². The molecule has 0 bridgehead atoms. The first-order valence-corrected chi connectivity index (χ1v) is 12.5. The zero-order valence-electron chi connectivity index (χ0n) is 20.2. The first-order valence-electron chi connectivity index (χ1n) is 12.5. The zero-order valence-corrected chi connectivity index (χ0v) is 20.2. The van der Waals surface area contributed by atoms with E-state index < -0.39 is 0 Å². The Labute approximate surface area is 213 Å². The maximum absolute atomic E-state index is 13.0. The van der Waals surface area contributed by atoms with Gasteiger partial charge in [0.15, 0.2) is 0 Å². The summed E-state index contributed by atoms with van der Waals surface area (Å²) in [6, 6.07) is 22.1. The molecule has 2 aliphatic heterocycles. The van der Waals surface area contributed by atoms with Crippen LogP contribution in [0.25, 0.3) is 21.5 Å². The predicted octanol–water partition coefficient (Wildman–Crippen LogP) is 4.26. The van der Waals surface area contributed by atoms with Crippen molar-refractivity contribution < 1.29 is 19.2 Å². The van der Waals surface area contributed by atoms with Crippen LogP contribution in [0.5, 0.6) is 0 Å². The van der Waals surface area contributed by atoms with Crippen LogP contribution in [0.15, 0.2) is 72.8 Å². The second kappa shape index (κ2) is 9.26. The molecule has 0 spiro atoms. The number of benzene rings is 4. The van der Waals surface area contributed by atoms with Gasteiger partial charge in [-0.05, 0) is 61.0 Å². The largest absolute Gasteiger partial charge is 0.317 e. The summed E-state index contributed by atoms with van der Waals surface area (Å²) in [5, 5.41) is 6.55. The summed E-state index contributed by atoms with van der Waals surface area (Å²) in [5.74, 6) is -1.03. The maximum atomic E-state index is 13.0. The average Bonchev–Trinajstić information content (AvgIpc) is 2.92. The van der Waals surface area contributed by atoms with Crippen molar-refractivity contribution in [2.75, 3.05) is 26.2 Å². The van der Waals surface area contributed by atoms with Crippen molar-refractivity contribution in [2.45, 2.75) is 12.8 Å². The number of carbonyl (C=O) groups is 4.